The minimum atomic E-state index is -4.06. The Hall–Kier alpha value is -1.45. The number of nitrogens with zero attached hydrogens (tertiary/aromatic N) is 5. The second-order valence-corrected chi connectivity index (χ2v) is 16.7. The average Bonchev–Trinajstić information content (AvgIpc) is 3.63. The number of hydrogen-bond donors (Lipinski definition) is 7. The minimum Gasteiger partial charge on any atom is -0.383 e. The van der Waals surface area contributed by atoms with Crippen LogP contribution < -0.4 is 27.4 Å². The van der Waals surface area contributed by atoms with Gasteiger partial charge < -0.3 is 59.4 Å². The zero-order valence-electron chi connectivity index (χ0n) is 22.3. The lowest BCUT2D eigenvalue weighted by atomic mass is 10.2. The number of nitrogens with one attached hydrogen (secondary N) is 1. The van der Waals surface area contributed by atoms with E-state index in [0.717, 1.165) is 0 Å². The normalized spacial score (nSPS) is 28.5. The van der Waals surface area contributed by atoms with Crippen LogP contribution in [0.1, 0.15) is 19.1 Å². The SMILES string of the molecule is Nc1ccn([C@H]2CC(O[P+](=O)S)[C@@H](COP(O)(=S)O[C@@H]3C[C@H](N4CNc5c(N)ncnc54)O[C@@H]3COP(O)(O)=S)O2)c(=O)n1. The van der Waals surface area contributed by atoms with Gasteiger partial charge in [-0.2, -0.15) is 4.98 Å². The molecule has 0 radical (unpaired) electrons. The number of nitrogen functional groups attached to an aromatic ring is 2. The summed E-state index contributed by atoms with van der Waals surface area (Å²) in [5.41, 5.74) is 11.3. The van der Waals surface area contributed by atoms with E-state index >= 15 is 0 Å². The molecule has 0 saturated carbocycles. The molecule has 5 heterocycles. The Labute approximate surface area is 265 Å². The molecule has 3 aliphatic rings. The van der Waals surface area contributed by atoms with Crippen molar-refractivity contribution in [2.24, 2.45) is 0 Å². The van der Waals surface area contributed by atoms with E-state index in [9.17, 15) is 24.0 Å². The quantitative estimate of drug-likeness (QED) is 0.114. The van der Waals surface area contributed by atoms with Crippen molar-refractivity contribution in [2.45, 2.75) is 49.7 Å². The highest BCUT2D eigenvalue weighted by molar-refractivity contribution is 8.39. The first-order valence-electron chi connectivity index (χ1n) is 12.6. The maximum absolute atomic E-state index is 12.3. The van der Waals surface area contributed by atoms with Gasteiger partial charge in [0.05, 0.1) is 26.0 Å². The maximum atomic E-state index is 12.3. The molecule has 3 aliphatic heterocycles. The Morgan fingerprint density at radius 1 is 1.11 bits per heavy atom. The van der Waals surface area contributed by atoms with E-state index in [1.54, 1.807) is 4.90 Å². The monoisotopic (exact) mass is 733 g/mol. The van der Waals surface area contributed by atoms with E-state index in [2.05, 4.69) is 44.3 Å². The first kappa shape index (κ1) is 33.9. The molecule has 242 valence electrons. The number of anilines is 4. The molecule has 0 aromatic carbocycles. The van der Waals surface area contributed by atoms with Crippen LogP contribution in [0.5, 0.6) is 0 Å². The van der Waals surface area contributed by atoms with Gasteiger partial charge in [-0.3, -0.25) is 4.57 Å². The Balaban J connectivity index is 1.27. The summed E-state index contributed by atoms with van der Waals surface area (Å²) in [4.78, 5) is 56.2. The Morgan fingerprint density at radius 3 is 2.50 bits per heavy atom. The van der Waals surface area contributed by atoms with Crippen molar-refractivity contribution in [1.29, 1.82) is 0 Å². The number of rotatable bonds is 12. The van der Waals surface area contributed by atoms with E-state index in [0.29, 0.717) is 11.5 Å². The number of hydrogen-bond acceptors (Lipinski definition) is 17. The largest absolute Gasteiger partial charge is 0.582 e. The van der Waals surface area contributed by atoms with Crippen LogP contribution in [0, 0.1) is 0 Å². The number of thiol groups is 1. The molecule has 0 aliphatic carbocycles. The molecule has 8 atom stereocenters. The zero-order valence-corrected chi connectivity index (χ0v) is 27.5. The predicted molar refractivity (Wildman–Crippen MR) is 166 cm³/mol. The summed E-state index contributed by atoms with van der Waals surface area (Å²) in [6.07, 6.45) is -2.45. The molecule has 19 nitrogen and oxygen atoms in total. The zero-order chi connectivity index (χ0) is 31.8. The first-order valence-corrected chi connectivity index (χ1v) is 20.2. The molecule has 8 N–H and O–H groups in total. The third-order valence-electron chi connectivity index (χ3n) is 6.73. The molecule has 0 spiro atoms. The van der Waals surface area contributed by atoms with Gasteiger partial charge in [-0.05, 0) is 34.2 Å². The van der Waals surface area contributed by atoms with Crippen molar-refractivity contribution in [3.05, 3.63) is 29.1 Å². The molecule has 3 unspecified atom stereocenters. The van der Waals surface area contributed by atoms with Gasteiger partial charge in [-0.25, -0.2) is 14.8 Å². The van der Waals surface area contributed by atoms with Crippen LogP contribution in [0.2, 0.25) is 0 Å². The van der Waals surface area contributed by atoms with Crippen LogP contribution in [0.15, 0.2) is 23.4 Å². The van der Waals surface area contributed by atoms with Gasteiger partial charge in [0.1, 0.15) is 60.8 Å². The maximum Gasteiger partial charge on any atom is 0.582 e. The summed E-state index contributed by atoms with van der Waals surface area (Å²) in [6.45, 7) is -8.62. The van der Waals surface area contributed by atoms with E-state index in [1.165, 1.54) is 23.2 Å². The fraction of sp³-hybridized carbons (Fsp3) is 0.579. The van der Waals surface area contributed by atoms with Gasteiger partial charge in [0.2, 0.25) is 0 Å². The molecule has 0 amide bonds. The lowest BCUT2D eigenvalue weighted by Gasteiger charge is -2.25. The van der Waals surface area contributed by atoms with Gasteiger partial charge in [0.15, 0.2) is 11.6 Å². The van der Waals surface area contributed by atoms with E-state index < -0.39 is 69.8 Å². The molecule has 2 aromatic rings. The predicted octanol–water partition coefficient (Wildman–Crippen LogP) is 0.306. The molecule has 2 fully saturated rings. The standard InChI is InChI=1S/C19H27N8O11P3S3/c20-13-1-2-26(19(28)25-13)14-3-9(37-39(29)42)11(35-14)6-34-41(32,44)38-10-4-15(36-12(10)5-33-40(30,31)43)27-8-24-16-17(21)22-7-23-18(16)27/h1-2,7,9-12,14-15,24H,3-6,8H2,(H7-,20,21,22,23,25,28,29,30,31,32,42,43,44)/p+1/t9?,10-,11-,12-,14-,15-,41?/m1/s1. The third kappa shape index (κ3) is 8.28. The summed E-state index contributed by atoms with van der Waals surface area (Å²) in [7, 11) is -2.37. The van der Waals surface area contributed by atoms with E-state index in [4.69, 9.17) is 50.8 Å². The lowest BCUT2D eigenvalue weighted by molar-refractivity contribution is -0.0435. The molecule has 44 heavy (non-hydrogen) atoms. The van der Waals surface area contributed by atoms with Crippen LogP contribution in [0.3, 0.4) is 0 Å². The molecule has 2 saturated heterocycles. The van der Waals surface area contributed by atoms with Crippen molar-refractivity contribution in [3.8, 4) is 0 Å². The van der Waals surface area contributed by atoms with Crippen LogP contribution in [-0.2, 0) is 55.7 Å². The highest BCUT2D eigenvalue weighted by Gasteiger charge is 2.46. The van der Waals surface area contributed by atoms with E-state index in [-0.39, 0.29) is 37.8 Å². The summed E-state index contributed by atoms with van der Waals surface area (Å²) >= 11 is 13.6. The van der Waals surface area contributed by atoms with Crippen LogP contribution in [0.4, 0.5) is 23.1 Å². The van der Waals surface area contributed by atoms with Crippen molar-refractivity contribution >= 4 is 79.7 Å². The highest BCUT2D eigenvalue weighted by atomic mass is 32.7. The molecule has 2 aromatic heterocycles. The Kier molecular flexibility index (Phi) is 10.6. The Morgan fingerprint density at radius 2 is 1.80 bits per heavy atom. The van der Waals surface area contributed by atoms with Crippen molar-refractivity contribution in [2.75, 3.05) is 41.6 Å². The molecule has 25 heteroatoms. The smallest absolute Gasteiger partial charge is 0.383 e. The summed E-state index contributed by atoms with van der Waals surface area (Å²) in [6, 6.07) is 1.41. The van der Waals surface area contributed by atoms with Crippen LogP contribution in [0.25, 0.3) is 0 Å². The third-order valence-corrected chi connectivity index (χ3v) is 9.85. The van der Waals surface area contributed by atoms with Gasteiger partial charge in [-0.15, -0.1) is 4.52 Å². The minimum absolute atomic E-state index is 0.0242. The highest BCUT2D eigenvalue weighted by Crippen LogP contribution is 2.50. The van der Waals surface area contributed by atoms with Crippen molar-refractivity contribution in [3.63, 3.8) is 0 Å². The topological polar surface area (TPSA) is 261 Å². The molecule has 0 bridgehead atoms. The number of nitrogens with two attached hydrogens (primary N) is 2. The summed E-state index contributed by atoms with van der Waals surface area (Å²) in [5.74, 6) is 0.729. The van der Waals surface area contributed by atoms with Crippen LogP contribution >= 0.6 is 32.9 Å². The van der Waals surface area contributed by atoms with Gasteiger partial charge in [0, 0.05) is 19.0 Å². The Bertz CT molecular complexity index is 1560. The second kappa shape index (κ2) is 13.7. The van der Waals surface area contributed by atoms with Crippen molar-refractivity contribution in [1.82, 2.24) is 19.5 Å². The molecular weight excluding hydrogens is 705 g/mol. The average molecular weight is 734 g/mol. The fourth-order valence-corrected chi connectivity index (χ4v) is 7.66. The van der Waals surface area contributed by atoms with Crippen LogP contribution in [-0.4, -0.2) is 84.7 Å². The van der Waals surface area contributed by atoms with Gasteiger partial charge in [-0.1, -0.05) is 0 Å². The number of aromatic nitrogens is 4. The fourth-order valence-electron chi connectivity index (χ4n) is 4.84. The van der Waals surface area contributed by atoms with Gasteiger partial charge >= 0.3 is 26.4 Å². The first-order chi connectivity index (χ1) is 20.7. The summed E-state index contributed by atoms with van der Waals surface area (Å²) in [5, 5.41) is 3.08. The van der Waals surface area contributed by atoms with Gasteiger partial charge in [0.25, 0.3) is 0 Å². The van der Waals surface area contributed by atoms with E-state index in [1.807, 2.05) is 0 Å². The second-order valence-electron chi connectivity index (χ2n) is 9.61. The number of ether oxygens (including phenoxy) is 2. The van der Waals surface area contributed by atoms with Crippen molar-refractivity contribution < 1.29 is 46.8 Å². The number of fused-ring (bicyclic) bond motifs is 1. The summed E-state index contributed by atoms with van der Waals surface area (Å²) < 4.78 is 46.7. The molecule has 5 rings (SSSR count). The molecular formula is C19H28N8O11P3S3+. The lowest BCUT2D eigenvalue weighted by Crippen LogP contribution is -2.36.